The Balaban J connectivity index is 3.03. The van der Waals surface area contributed by atoms with E-state index in [0.717, 1.165) is 12.5 Å². The minimum Gasteiger partial charge on any atom is -0.204 e. The van der Waals surface area contributed by atoms with Gasteiger partial charge in [0, 0.05) is 0 Å². The average molecular weight is 196 g/mol. The predicted molar refractivity (Wildman–Crippen MR) is 54.2 cm³/mol. The van der Waals surface area contributed by atoms with Crippen molar-refractivity contribution in [1.82, 2.24) is 0 Å². The zero-order valence-electron chi connectivity index (χ0n) is 8.26. The van der Waals surface area contributed by atoms with Crippen molar-refractivity contribution < 1.29 is 8.78 Å². The van der Waals surface area contributed by atoms with E-state index in [2.05, 4.69) is 6.58 Å². The SMILES string of the molecule is C=CCC(CC)c1cccc(F)c1F. The summed E-state index contributed by atoms with van der Waals surface area (Å²) in [6.07, 6.45) is 3.20. The molecule has 0 nitrogen and oxygen atoms in total. The lowest BCUT2D eigenvalue weighted by Gasteiger charge is -2.13. The van der Waals surface area contributed by atoms with E-state index in [4.69, 9.17) is 0 Å². The highest BCUT2D eigenvalue weighted by Crippen LogP contribution is 2.26. The third-order valence-corrected chi connectivity index (χ3v) is 2.37. The summed E-state index contributed by atoms with van der Waals surface area (Å²) < 4.78 is 26.3. The standard InChI is InChI=1S/C12H14F2/c1-3-6-9(4-2)10-7-5-8-11(13)12(10)14/h3,5,7-9H,1,4,6H2,2H3. The molecule has 0 aliphatic heterocycles. The molecule has 0 saturated carbocycles. The molecule has 0 saturated heterocycles. The summed E-state index contributed by atoms with van der Waals surface area (Å²) in [6, 6.07) is 4.31. The van der Waals surface area contributed by atoms with Gasteiger partial charge < -0.3 is 0 Å². The maximum absolute atomic E-state index is 13.4. The van der Waals surface area contributed by atoms with Crippen LogP contribution in [0.15, 0.2) is 30.9 Å². The molecule has 2 heteroatoms. The minimum atomic E-state index is -0.773. The van der Waals surface area contributed by atoms with Crippen molar-refractivity contribution in [2.45, 2.75) is 25.7 Å². The highest BCUT2D eigenvalue weighted by atomic mass is 19.2. The van der Waals surface area contributed by atoms with Gasteiger partial charge in [0.2, 0.25) is 0 Å². The fraction of sp³-hybridized carbons (Fsp3) is 0.333. The second-order valence-corrected chi connectivity index (χ2v) is 3.27. The number of benzene rings is 1. The molecule has 14 heavy (non-hydrogen) atoms. The number of halogens is 2. The molecular weight excluding hydrogens is 182 g/mol. The van der Waals surface area contributed by atoms with Gasteiger partial charge in [-0.2, -0.15) is 0 Å². The summed E-state index contributed by atoms with van der Waals surface area (Å²) in [5, 5.41) is 0. The van der Waals surface area contributed by atoms with Crippen LogP contribution in [0.25, 0.3) is 0 Å². The van der Waals surface area contributed by atoms with Crippen LogP contribution >= 0.6 is 0 Å². The van der Waals surface area contributed by atoms with Crippen LogP contribution in [0.1, 0.15) is 31.2 Å². The molecule has 0 fully saturated rings. The fourth-order valence-corrected chi connectivity index (χ4v) is 1.55. The molecule has 76 valence electrons. The summed E-state index contributed by atoms with van der Waals surface area (Å²) in [5.41, 5.74) is 0.451. The van der Waals surface area contributed by atoms with E-state index in [-0.39, 0.29) is 5.92 Å². The molecule has 0 aliphatic carbocycles. The topological polar surface area (TPSA) is 0 Å². The maximum atomic E-state index is 13.4. The summed E-state index contributed by atoms with van der Waals surface area (Å²) >= 11 is 0. The lowest BCUT2D eigenvalue weighted by atomic mass is 9.93. The lowest BCUT2D eigenvalue weighted by Crippen LogP contribution is -2.01. The van der Waals surface area contributed by atoms with E-state index in [0.29, 0.717) is 12.0 Å². The van der Waals surface area contributed by atoms with Crippen LogP contribution in [-0.2, 0) is 0 Å². The highest BCUT2D eigenvalue weighted by Gasteiger charge is 2.14. The van der Waals surface area contributed by atoms with Gasteiger partial charge in [0.1, 0.15) is 0 Å². The normalized spacial score (nSPS) is 12.5. The van der Waals surface area contributed by atoms with Gasteiger partial charge in [-0.15, -0.1) is 6.58 Å². The molecule has 1 aromatic carbocycles. The Kier molecular flexibility index (Phi) is 3.81. The van der Waals surface area contributed by atoms with E-state index in [1.807, 2.05) is 6.92 Å². The van der Waals surface area contributed by atoms with Gasteiger partial charge in [0.15, 0.2) is 11.6 Å². The summed E-state index contributed by atoms with van der Waals surface area (Å²) in [7, 11) is 0. The van der Waals surface area contributed by atoms with Gasteiger partial charge >= 0.3 is 0 Å². The van der Waals surface area contributed by atoms with Gasteiger partial charge in [-0.3, -0.25) is 0 Å². The summed E-state index contributed by atoms with van der Waals surface area (Å²) in [6.45, 7) is 5.57. The zero-order valence-corrected chi connectivity index (χ0v) is 8.26. The molecule has 1 rings (SSSR count). The molecule has 0 heterocycles. The molecule has 0 bridgehead atoms. The Hall–Kier alpha value is -1.18. The molecule has 1 aromatic rings. The Labute approximate surface area is 83.3 Å². The number of rotatable bonds is 4. The van der Waals surface area contributed by atoms with Gasteiger partial charge in [-0.1, -0.05) is 25.1 Å². The first kappa shape index (κ1) is 10.9. The largest absolute Gasteiger partial charge is 0.204 e. The van der Waals surface area contributed by atoms with E-state index in [1.54, 1.807) is 18.2 Å². The first-order chi connectivity index (χ1) is 6.70. The Morgan fingerprint density at radius 1 is 1.43 bits per heavy atom. The van der Waals surface area contributed by atoms with Crippen molar-refractivity contribution in [2.24, 2.45) is 0 Å². The second-order valence-electron chi connectivity index (χ2n) is 3.27. The Morgan fingerprint density at radius 2 is 2.14 bits per heavy atom. The Bertz CT molecular complexity index is 318. The molecule has 0 amide bonds. The summed E-state index contributed by atoms with van der Waals surface area (Å²) in [5.74, 6) is -1.46. The van der Waals surface area contributed by atoms with Crippen LogP contribution in [0.4, 0.5) is 8.78 Å². The van der Waals surface area contributed by atoms with Crippen LogP contribution in [0.5, 0.6) is 0 Å². The second kappa shape index (κ2) is 4.89. The summed E-state index contributed by atoms with van der Waals surface area (Å²) in [4.78, 5) is 0. The number of allylic oxidation sites excluding steroid dienone is 1. The zero-order chi connectivity index (χ0) is 10.6. The monoisotopic (exact) mass is 196 g/mol. The van der Waals surface area contributed by atoms with Crippen LogP contribution < -0.4 is 0 Å². The molecule has 1 atom stereocenters. The van der Waals surface area contributed by atoms with Crippen molar-refractivity contribution in [3.63, 3.8) is 0 Å². The first-order valence-electron chi connectivity index (χ1n) is 4.75. The average Bonchev–Trinajstić information content (AvgIpc) is 2.19. The fourth-order valence-electron chi connectivity index (χ4n) is 1.55. The minimum absolute atomic E-state index is 0.0307. The van der Waals surface area contributed by atoms with Gasteiger partial charge in [-0.25, -0.2) is 8.78 Å². The van der Waals surface area contributed by atoms with Crippen LogP contribution in [0.3, 0.4) is 0 Å². The molecule has 1 unspecified atom stereocenters. The van der Waals surface area contributed by atoms with E-state index in [1.165, 1.54) is 0 Å². The molecule has 0 aliphatic rings. The third-order valence-electron chi connectivity index (χ3n) is 2.37. The van der Waals surface area contributed by atoms with Gasteiger partial charge in [-0.05, 0) is 30.4 Å². The molecule has 0 radical (unpaired) electrons. The van der Waals surface area contributed by atoms with Crippen molar-refractivity contribution in [1.29, 1.82) is 0 Å². The van der Waals surface area contributed by atoms with Crippen LogP contribution in [0, 0.1) is 11.6 Å². The highest BCUT2D eigenvalue weighted by molar-refractivity contribution is 5.23. The van der Waals surface area contributed by atoms with E-state index >= 15 is 0 Å². The molecule has 0 aromatic heterocycles. The molecule has 0 spiro atoms. The quantitative estimate of drug-likeness (QED) is 0.638. The van der Waals surface area contributed by atoms with E-state index < -0.39 is 11.6 Å². The van der Waals surface area contributed by atoms with E-state index in [9.17, 15) is 8.78 Å². The number of hydrogen-bond donors (Lipinski definition) is 0. The van der Waals surface area contributed by atoms with Crippen molar-refractivity contribution in [2.75, 3.05) is 0 Å². The number of hydrogen-bond acceptors (Lipinski definition) is 0. The van der Waals surface area contributed by atoms with Crippen molar-refractivity contribution >= 4 is 0 Å². The van der Waals surface area contributed by atoms with Crippen molar-refractivity contribution in [3.8, 4) is 0 Å². The molecular formula is C12H14F2. The van der Waals surface area contributed by atoms with Crippen LogP contribution in [-0.4, -0.2) is 0 Å². The molecule has 0 N–H and O–H groups in total. The predicted octanol–water partition coefficient (Wildman–Crippen LogP) is 4.03. The van der Waals surface area contributed by atoms with Crippen molar-refractivity contribution in [3.05, 3.63) is 48.1 Å². The van der Waals surface area contributed by atoms with Gasteiger partial charge in [0.05, 0.1) is 0 Å². The third kappa shape index (κ3) is 2.19. The van der Waals surface area contributed by atoms with Crippen LogP contribution in [0.2, 0.25) is 0 Å². The smallest absolute Gasteiger partial charge is 0.162 e. The first-order valence-corrected chi connectivity index (χ1v) is 4.75. The van der Waals surface area contributed by atoms with Gasteiger partial charge in [0.25, 0.3) is 0 Å². The lowest BCUT2D eigenvalue weighted by molar-refractivity contribution is 0.484. The maximum Gasteiger partial charge on any atom is 0.162 e. The Morgan fingerprint density at radius 3 is 2.71 bits per heavy atom.